The van der Waals surface area contributed by atoms with E-state index in [4.69, 9.17) is 4.42 Å². The molecule has 25 heavy (non-hydrogen) atoms. The van der Waals surface area contributed by atoms with Gasteiger partial charge in [0, 0.05) is 38.1 Å². The Balaban J connectivity index is 1.57. The minimum absolute atomic E-state index is 0.236. The second-order valence-electron chi connectivity index (χ2n) is 6.03. The number of hydrogen-bond donors (Lipinski definition) is 0. The Morgan fingerprint density at radius 3 is 2.24 bits per heavy atom. The molecular weight excluding hydrogens is 346 g/mol. The molecule has 0 unspecified atom stereocenters. The van der Waals surface area contributed by atoms with E-state index in [-0.39, 0.29) is 5.88 Å². The molecule has 1 fully saturated rings. The Bertz CT molecular complexity index is 852. The molecule has 0 amide bonds. The second-order valence-corrected chi connectivity index (χ2v) is 8.04. The summed E-state index contributed by atoms with van der Waals surface area (Å²) in [6, 6.07) is 9.89. The van der Waals surface area contributed by atoms with Crippen LogP contribution < -0.4 is 4.90 Å². The summed E-state index contributed by atoms with van der Waals surface area (Å²) in [6.45, 7) is 3.71. The van der Waals surface area contributed by atoms with Crippen LogP contribution in [0.2, 0.25) is 0 Å². The van der Waals surface area contributed by atoms with Crippen LogP contribution in [0.5, 0.6) is 0 Å². The summed E-state index contributed by atoms with van der Waals surface area (Å²) in [6.07, 6.45) is 1.19. The standard InChI is InChI=1S/C16H19N3O5S/c1-25(22,23)15-5-2-13(3-6-15)18-10-8-17(9-11-18)12-14-4-7-16(24-14)19(20)21/h2-7H,8-12H2,1H3. The minimum atomic E-state index is -3.18. The van der Waals surface area contributed by atoms with E-state index >= 15 is 0 Å². The highest BCUT2D eigenvalue weighted by Gasteiger charge is 2.20. The third kappa shape index (κ3) is 4.18. The van der Waals surface area contributed by atoms with E-state index in [0.29, 0.717) is 17.2 Å². The van der Waals surface area contributed by atoms with Crippen LogP contribution in [0.1, 0.15) is 5.76 Å². The first-order valence-corrected chi connectivity index (χ1v) is 9.72. The van der Waals surface area contributed by atoms with E-state index < -0.39 is 14.8 Å². The summed E-state index contributed by atoms with van der Waals surface area (Å²) in [4.78, 5) is 14.8. The lowest BCUT2D eigenvalue weighted by Gasteiger charge is -2.35. The van der Waals surface area contributed by atoms with Gasteiger partial charge < -0.3 is 9.32 Å². The zero-order valence-electron chi connectivity index (χ0n) is 13.8. The lowest BCUT2D eigenvalue weighted by molar-refractivity contribution is -0.402. The van der Waals surface area contributed by atoms with E-state index in [1.807, 2.05) is 12.1 Å². The third-order valence-corrected chi connectivity index (χ3v) is 5.34. The Labute approximate surface area is 145 Å². The summed E-state index contributed by atoms with van der Waals surface area (Å²) in [5, 5.41) is 10.6. The van der Waals surface area contributed by atoms with Crippen molar-refractivity contribution >= 4 is 21.4 Å². The maximum Gasteiger partial charge on any atom is 0.433 e. The smallest absolute Gasteiger partial charge is 0.404 e. The average molecular weight is 365 g/mol. The maximum absolute atomic E-state index is 11.5. The summed E-state index contributed by atoms with van der Waals surface area (Å²) in [7, 11) is -3.18. The summed E-state index contributed by atoms with van der Waals surface area (Å²) < 4.78 is 28.2. The van der Waals surface area contributed by atoms with Gasteiger partial charge in [0.2, 0.25) is 0 Å². The molecule has 0 saturated carbocycles. The molecule has 0 aliphatic carbocycles. The summed E-state index contributed by atoms with van der Waals surface area (Å²) in [5.74, 6) is 0.345. The van der Waals surface area contributed by atoms with Crippen LogP contribution in [-0.4, -0.2) is 50.7 Å². The first-order valence-electron chi connectivity index (χ1n) is 7.83. The Morgan fingerprint density at radius 1 is 1.08 bits per heavy atom. The van der Waals surface area contributed by atoms with Crippen molar-refractivity contribution in [3.8, 4) is 0 Å². The van der Waals surface area contributed by atoms with E-state index in [9.17, 15) is 18.5 Å². The molecule has 9 heteroatoms. The molecule has 1 aromatic heterocycles. The van der Waals surface area contributed by atoms with Gasteiger partial charge in [0.25, 0.3) is 0 Å². The van der Waals surface area contributed by atoms with Gasteiger partial charge in [-0.1, -0.05) is 0 Å². The van der Waals surface area contributed by atoms with E-state index in [1.165, 1.54) is 12.3 Å². The van der Waals surface area contributed by atoms with Crippen LogP contribution in [-0.2, 0) is 16.4 Å². The largest absolute Gasteiger partial charge is 0.433 e. The molecule has 0 atom stereocenters. The normalized spacial score (nSPS) is 16.1. The number of rotatable bonds is 5. The van der Waals surface area contributed by atoms with Crippen LogP contribution >= 0.6 is 0 Å². The molecule has 1 saturated heterocycles. The van der Waals surface area contributed by atoms with Crippen molar-refractivity contribution in [2.45, 2.75) is 11.4 Å². The molecule has 3 rings (SSSR count). The highest BCUT2D eigenvalue weighted by molar-refractivity contribution is 7.90. The van der Waals surface area contributed by atoms with Crippen molar-refractivity contribution in [2.75, 3.05) is 37.3 Å². The third-order valence-electron chi connectivity index (χ3n) is 4.21. The van der Waals surface area contributed by atoms with Crippen molar-refractivity contribution in [3.05, 3.63) is 52.3 Å². The maximum atomic E-state index is 11.5. The highest BCUT2D eigenvalue weighted by Crippen LogP contribution is 2.21. The predicted molar refractivity (Wildman–Crippen MR) is 92.4 cm³/mol. The van der Waals surface area contributed by atoms with Gasteiger partial charge in [0.15, 0.2) is 9.84 Å². The molecule has 8 nitrogen and oxygen atoms in total. The molecule has 0 N–H and O–H groups in total. The summed E-state index contributed by atoms with van der Waals surface area (Å²) in [5.41, 5.74) is 0.987. The van der Waals surface area contributed by atoms with Gasteiger partial charge in [-0.2, -0.15) is 0 Å². The molecule has 1 aliphatic heterocycles. The molecule has 1 aliphatic rings. The van der Waals surface area contributed by atoms with Gasteiger partial charge in [0.1, 0.15) is 10.7 Å². The van der Waals surface area contributed by atoms with Crippen molar-refractivity contribution in [1.29, 1.82) is 0 Å². The molecule has 134 valence electrons. The van der Waals surface area contributed by atoms with Crippen LogP contribution in [0.3, 0.4) is 0 Å². The topological polar surface area (TPSA) is 96.9 Å². The lowest BCUT2D eigenvalue weighted by Crippen LogP contribution is -2.45. The molecule has 2 aromatic rings. The van der Waals surface area contributed by atoms with Gasteiger partial charge in [-0.05, 0) is 30.3 Å². The number of sulfone groups is 1. The van der Waals surface area contributed by atoms with Gasteiger partial charge in [-0.15, -0.1) is 0 Å². The fraction of sp³-hybridized carbons (Fsp3) is 0.375. The monoisotopic (exact) mass is 365 g/mol. The molecule has 0 bridgehead atoms. The quantitative estimate of drug-likeness (QED) is 0.590. The molecule has 0 spiro atoms. The van der Waals surface area contributed by atoms with Crippen LogP contribution in [0, 0.1) is 10.1 Å². The number of furan rings is 1. The van der Waals surface area contributed by atoms with E-state index in [1.54, 1.807) is 18.2 Å². The van der Waals surface area contributed by atoms with Crippen molar-refractivity contribution in [1.82, 2.24) is 4.90 Å². The van der Waals surface area contributed by atoms with Crippen molar-refractivity contribution < 1.29 is 17.8 Å². The SMILES string of the molecule is CS(=O)(=O)c1ccc(N2CCN(Cc3ccc([N+](=O)[O-])o3)CC2)cc1. The van der Waals surface area contributed by atoms with Crippen molar-refractivity contribution in [3.63, 3.8) is 0 Å². The minimum Gasteiger partial charge on any atom is -0.404 e. The van der Waals surface area contributed by atoms with Gasteiger partial charge >= 0.3 is 5.88 Å². The fourth-order valence-electron chi connectivity index (χ4n) is 2.84. The first-order chi connectivity index (χ1) is 11.8. The highest BCUT2D eigenvalue weighted by atomic mass is 32.2. The number of piperazine rings is 1. The van der Waals surface area contributed by atoms with Crippen molar-refractivity contribution in [2.24, 2.45) is 0 Å². The predicted octanol–water partition coefficient (Wildman–Crippen LogP) is 1.91. The Kier molecular flexibility index (Phi) is 4.78. The number of hydrogen-bond acceptors (Lipinski definition) is 7. The zero-order chi connectivity index (χ0) is 18.0. The lowest BCUT2D eigenvalue weighted by atomic mass is 10.2. The number of anilines is 1. The Hall–Kier alpha value is -2.39. The number of nitro groups is 1. The zero-order valence-corrected chi connectivity index (χ0v) is 14.6. The van der Waals surface area contributed by atoms with Gasteiger partial charge in [0.05, 0.1) is 17.5 Å². The average Bonchev–Trinajstić information content (AvgIpc) is 3.04. The van der Waals surface area contributed by atoms with Gasteiger partial charge in [-0.3, -0.25) is 15.0 Å². The molecular formula is C16H19N3O5S. The van der Waals surface area contributed by atoms with E-state index in [2.05, 4.69) is 9.80 Å². The molecule has 0 radical (unpaired) electrons. The second kappa shape index (κ2) is 6.85. The fourth-order valence-corrected chi connectivity index (χ4v) is 3.47. The Morgan fingerprint density at radius 2 is 1.72 bits per heavy atom. The summed E-state index contributed by atoms with van der Waals surface area (Å²) >= 11 is 0. The van der Waals surface area contributed by atoms with Gasteiger partial charge in [-0.25, -0.2) is 8.42 Å². The number of benzene rings is 1. The molecule has 2 heterocycles. The van der Waals surface area contributed by atoms with Crippen LogP contribution in [0.4, 0.5) is 11.6 Å². The first kappa shape index (κ1) is 17.4. The van der Waals surface area contributed by atoms with Crippen LogP contribution in [0.25, 0.3) is 0 Å². The number of nitrogens with zero attached hydrogens (tertiary/aromatic N) is 3. The van der Waals surface area contributed by atoms with E-state index in [0.717, 1.165) is 31.9 Å². The molecule has 1 aromatic carbocycles. The van der Waals surface area contributed by atoms with Crippen LogP contribution in [0.15, 0.2) is 45.7 Å².